The highest BCUT2D eigenvalue weighted by molar-refractivity contribution is 6.44. The third kappa shape index (κ3) is 5.24. The first-order valence-corrected chi connectivity index (χ1v) is 15.3. The van der Waals surface area contributed by atoms with Crippen LogP contribution in [0.15, 0.2) is 35.8 Å². The van der Waals surface area contributed by atoms with Gasteiger partial charge in [0.25, 0.3) is 5.56 Å². The number of nitrogen functional groups attached to an aromatic ring is 1. The molecule has 14 heteroatoms. The van der Waals surface area contributed by atoms with Crippen LogP contribution in [0.4, 0.5) is 20.2 Å². The number of fused-ring (bicyclic) bond motifs is 1. The van der Waals surface area contributed by atoms with Gasteiger partial charge in [-0.1, -0.05) is 55.2 Å². The number of aromatic nitrogens is 3. The molecular formula is C32H28Cl3F2N7O2. The van der Waals surface area contributed by atoms with E-state index >= 15 is 4.39 Å². The van der Waals surface area contributed by atoms with Crippen LogP contribution < -0.4 is 16.2 Å². The van der Waals surface area contributed by atoms with Crippen LogP contribution in [0.5, 0.6) is 0 Å². The van der Waals surface area contributed by atoms with Crippen LogP contribution in [0.25, 0.3) is 28.0 Å². The lowest BCUT2D eigenvalue weighted by molar-refractivity contribution is -0.128. The zero-order valence-electron chi connectivity index (χ0n) is 25.3. The number of anilines is 2. The topological polar surface area (TPSA) is 121 Å². The van der Waals surface area contributed by atoms with Gasteiger partial charge in [0.15, 0.2) is 11.6 Å². The number of hydrogen-bond donors (Lipinski definition) is 1. The molecule has 1 atom stereocenters. The van der Waals surface area contributed by atoms with Gasteiger partial charge in [0.1, 0.15) is 22.3 Å². The Labute approximate surface area is 278 Å². The Morgan fingerprint density at radius 1 is 1.20 bits per heavy atom. The molecule has 0 bridgehead atoms. The Kier molecular flexibility index (Phi) is 9.01. The van der Waals surface area contributed by atoms with Gasteiger partial charge >= 0.3 is 0 Å². The fraction of sp³-hybridized carbons (Fsp3) is 0.281. The number of amides is 1. The van der Waals surface area contributed by atoms with Gasteiger partial charge in [-0.3, -0.25) is 19.1 Å². The molecule has 1 aliphatic rings. The molecule has 0 radical (unpaired) electrons. The number of nitriles is 1. The van der Waals surface area contributed by atoms with Crippen molar-refractivity contribution in [3.8, 4) is 23.0 Å². The second-order valence-electron chi connectivity index (χ2n) is 11.3. The fourth-order valence-electron chi connectivity index (χ4n) is 5.85. The number of rotatable bonds is 5. The molecule has 46 heavy (non-hydrogen) atoms. The minimum Gasteiger partial charge on any atom is -0.397 e. The lowest BCUT2D eigenvalue weighted by Gasteiger charge is -2.41. The van der Waals surface area contributed by atoms with Gasteiger partial charge in [0.2, 0.25) is 5.91 Å². The molecule has 0 spiro atoms. The molecule has 238 valence electrons. The van der Waals surface area contributed by atoms with Crippen LogP contribution in [0.3, 0.4) is 0 Å². The first-order valence-electron chi connectivity index (χ1n) is 14.2. The Bertz CT molecular complexity index is 2030. The Morgan fingerprint density at radius 3 is 2.50 bits per heavy atom. The van der Waals surface area contributed by atoms with Crippen molar-refractivity contribution in [2.24, 2.45) is 0 Å². The summed E-state index contributed by atoms with van der Waals surface area (Å²) in [6.45, 7) is 11.8. The third-order valence-corrected chi connectivity index (χ3v) is 9.19. The van der Waals surface area contributed by atoms with Crippen LogP contribution in [-0.4, -0.2) is 51.0 Å². The van der Waals surface area contributed by atoms with Gasteiger partial charge in [-0.05, 0) is 43.5 Å². The highest BCUT2D eigenvalue weighted by atomic mass is 35.5. The van der Waals surface area contributed by atoms with E-state index < -0.39 is 38.5 Å². The molecule has 0 saturated carbocycles. The van der Waals surface area contributed by atoms with Crippen molar-refractivity contribution < 1.29 is 13.6 Å². The molecule has 5 rings (SSSR count). The summed E-state index contributed by atoms with van der Waals surface area (Å²) in [7, 11) is 0. The summed E-state index contributed by atoms with van der Waals surface area (Å²) < 4.78 is 31.6. The first kappa shape index (κ1) is 33.1. The molecule has 1 fully saturated rings. The Morgan fingerprint density at radius 2 is 1.89 bits per heavy atom. The third-order valence-electron chi connectivity index (χ3n) is 8.05. The van der Waals surface area contributed by atoms with Crippen molar-refractivity contribution >= 4 is 63.1 Å². The number of nitrogens with zero attached hydrogens (tertiary/aromatic N) is 6. The maximum absolute atomic E-state index is 15.5. The van der Waals surface area contributed by atoms with Crippen molar-refractivity contribution in [3.05, 3.63) is 84.9 Å². The maximum atomic E-state index is 15.5. The summed E-state index contributed by atoms with van der Waals surface area (Å²) in [4.78, 5) is 39.5. The summed E-state index contributed by atoms with van der Waals surface area (Å²) in [5.41, 5.74) is 5.76. The van der Waals surface area contributed by atoms with Crippen LogP contribution >= 0.6 is 34.8 Å². The van der Waals surface area contributed by atoms with Crippen molar-refractivity contribution in [3.63, 3.8) is 0 Å². The van der Waals surface area contributed by atoms with Gasteiger partial charge in [-0.15, -0.1) is 0 Å². The van der Waals surface area contributed by atoms with Crippen LogP contribution in [0.2, 0.25) is 15.1 Å². The number of carbonyl (C=O) groups excluding carboxylic acids is 1. The van der Waals surface area contributed by atoms with Gasteiger partial charge < -0.3 is 15.5 Å². The van der Waals surface area contributed by atoms with Crippen molar-refractivity contribution in [2.75, 3.05) is 30.3 Å². The SMILES string of the molecule is C=CC(=O)N1CCN(c2c(C#N)c(=O)n(-c3c(C)ccnc3C(C)C)c3nc(-c4c(N)c(Cl)c(Cl)c(F)c4F)c(Cl)cc23)C[C@H]1C. The zero-order chi connectivity index (χ0) is 33.8. The largest absolute Gasteiger partial charge is 0.397 e. The zero-order valence-corrected chi connectivity index (χ0v) is 27.5. The van der Waals surface area contributed by atoms with E-state index in [0.29, 0.717) is 16.9 Å². The van der Waals surface area contributed by atoms with Gasteiger partial charge in [0.05, 0.1) is 44.1 Å². The normalized spacial score (nSPS) is 15.0. The minimum atomic E-state index is -1.45. The number of halogens is 5. The molecule has 4 heterocycles. The van der Waals surface area contributed by atoms with E-state index in [1.165, 1.54) is 16.7 Å². The minimum absolute atomic E-state index is 0.0149. The summed E-state index contributed by atoms with van der Waals surface area (Å²) in [6, 6.07) is 4.90. The Balaban J connectivity index is 1.94. The molecule has 0 unspecified atom stereocenters. The van der Waals surface area contributed by atoms with Crippen molar-refractivity contribution in [1.82, 2.24) is 19.4 Å². The van der Waals surface area contributed by atoms with E-state index in [2.05, 4.69) is 22.6 Å². The van der Waals surface area contributed by atoms with E-state index in [1.54, 1.807) is 24.1 Å². The highest BCUT2D eigenvalue weighted by Gasteiger charge is 2.33. The van der Waals surface area contributed by atoms with E-state index in [-0.39, 0.29) is 70.5 Å². The predicted octanol–water partition coefficient (Wildman–Crippen LogP) is 6.79. The molecule has 1 aromatic carbocycles. The van der Waals surface area contributed by atoms with Gasteiger partial charge in [-0.2, -0.15) is 5.26 Å². The summed E-state index contributed by atoms with van der Waals surface area (Å²) >= 11 is 18.8. The van der Waals surface area contributed by atoms with E-state index in [1.807, 2.05) is 25.7 Å². The van der Waals surface area contributed by atoms with Gasteiger partial charge in [-0.25, -0.2) is 13.8 Å². The quantitative estimate of drug-likeness (QED) is 0.106. The number of hydrogen-bond acceptors (Lipinski definition) is 7. The molecule has 9 nitrogen and oxygen atoms in total. The first-order chi connectivity index (χ1) is 21.7. The number of pyridine rings is 3. The molecule has 1 amide bonds. The fourth-order valence-corrected chi connectivity index (χ4v) is 6.46. The van der Waals surface area contributed by atoms with Gasteiger partial charge in [0, 0.05) is 37.3 Å². The number of piperazine rings is 1. The van der Waals surface area contributed by atoms with Crippen LogP contribution in [0, 0.1) is 29.9 Å². The Hall–Kier alpha value is -4.24. The summed E-state index contributed by atoms with van der Waals surface area (Å²) in [5, 5.41) is 9.42. The van der Waals surface area contributed by atoms with E-state index in [0.717, 1.165) is 0 Å². The van der Waals surface area contributed by atoms with Crippen LogP contribution in [-0.2, 0) is 4.79 Å². The monoisotopic (exact) mass is 685 g/mol. The number of nitrogens with two attached hydrogens (primary N) is 1. The predicted molar refractivity (Wildman–Crippen MR) is 177 cm³/mol. The average Bonchev–Trinajstić information content (AvgIpc) is 3.02. The molecule has 3 aromatic heterocycles. The average molecular weight is 687 g/mol. The van der Waals surface area contributed by atoms with E-state index in [9.17, 15) is 19.2 Å². The summed E-state index contributed by atoms with van der Waals surface area (Å²) in [6.07, 6.45) is 2.84. The molecule has 1 saturated heterocycles. The molecule has 2 N–H and O–H groups in total. The molecular weight excluding hydrogens is 659 g/mol. The number of aryl methyl sites for hydroxylation is 1. The molecule has 1 aliphatic heterocycles. The summed E-state index contributed by atoms with van der Waals surface area (Å²) in [5.74, 6) is -3.29. The molecule has 0 aliphatic carbocycles. The number of carbonyl (C=O) groups is 1. The lowest BCUT2D eigenvalue weighted by Crippen LogP contribution is -2.54. The smallest absolute Gasteiger partial charge is 0.276 e. The maximum Gasteiger partial charge on any atom is 0.276 e. The lowest BCUT2D eigenvalue weighted by atomic mass is 10.0. The number of benzene rings is 1. The van der Waals surface area contributed by atoms with Crippen molar-refractivity contribution in [2.45, 2.75) is 39.7 Å². The van der Waals surface area contributed by atoms with Crippen molar-refractivity contribution in [1.29, 1.82) is 5.26 Å². The second-order valence-corrected chi connectivity index (χ2v) is 12.4. The second kappa shape index (κ2) is 12.5. The molecule has 4 aromatic rings. The van der Waals surface area contributed by atoms with Crippen LogP contribution in [0.1, 0.15) is 43.5 Å². The highest BCUT2D eigenvalue weighted by Crippen LogP contribution is 2.44. The van der Waals surface area contributed by atoms with E-state index in [4.69, 9.17) is 40.5 Å². The standard InChI is InChI=1S/C32H28Cl3F2N7O2/c1-6-20(45)43-10-9-42(13-16(43)5)30-17-11-19(33)28(21-24(36)25(37)22(34)23(35)26(21)39)41-31(17)44(32(46)18(30)12-38)29-15(4)7-8-40-27(29)14(2)3/h6-8,11,14,16H,1,9-10,13,39H2,2-5H3/t16-/m1/s1.